The molecule has 190 valence electrons. The number of alkyl halides is 1. The highest BCUT2D eigenvalue weighted by Gasteiger charge is 2.16. The maximum absolute atomic E-state index is 14.4. The van der Waals surface area contributed by atoms with E-state index in [2.05, 4.69) is 23.8 Å². The van der Waals surface area contributed by atoms with E-state index in [1.165, 1.54) is 69.8 Å². The van der Waals surface area contributed by atoms with Gasteiger partial charge in [-0.25, -0.2) is 14.4 Å². The van der Waals surface area contributed by atoms with Gasteiger partial charge in [0.1, 0.15) is 18.5 Å². The fraction of sp³-hybridized carbons (Fsp3) is 0.667. The van der Waals surface area contributed by atoms with Gasteiger partial charge in [-0.15, -0.1) is 0 Å². The third-order valence-corrected chi connectivity index (χ3v) is 6.68. The van der Waals surface area contributed by atoms with Gasteiger partial charge in [-0.3, -0.25) is 0 Å². The van der Waals surface area contributed by atoms with Gasteiger partial charge >= 0.3 is 0 Å². The van der Waals surface area contributed by atoms with Crippen molar-refractivity contribution < 1.29 is 9.13 Å². The molecule has 2 atom stereocenters. The summed E-state index contributed by atoms with van der Waals surface area (Å²) in [6.07, 6.45) is 20.4. The lowest BCUT2D eigenvalue weighted by Gasteiger charge is -2.17. The Morgan fingerprint density at radius 1 is 0.765 bits per heavy atom. The van der Waals surface area contributed by atoms with E-state index in [1.54, 1.807) is 0 Å². The summed E-state index contributed by atoms with van der Waals surface area (Å²) < 4.78 is 20.0. The number of unbranched alkanes of at least 4 members (excludes halogenated alkanes) is 10. The van der Waals surface area contributed by atoms with Gasteiger partial charge in [0.2, 0.25) is 0 Å². The van der Waals surface area contributed by atoms with Crippen LogP contribution in [0.2, 0.25) is 0 Å². The maximum Gasteiger partial charge on any atom is 0.159 e. The number of ether oxygens (including phenoxy) is 1. The molecule has 3 nitrogen and oxygen atoms in total. The number of halogens is 1. The fourth-order valence-electron chi connectivity index (χ4n) is 4.21. The predicted molar refractivity (Wildman–Crippen MR) is 142 cm³/mol. The SMILES string of the molecule is CCCCCCCCCCCc1cnc(-c2ccc(OCC(F)C(C)CCCCC)cc2)nc1. The first-order valence-electron chi connectivity index (χ1n) is 13.8. The molecule has 0 N–H and O–H groups in total. The first-order valence-corrected chi connectivity index (χ1v) is 13.8. The van der Waals surface area contributed by atoms with Gasteiger partial charge in [0.05, 0.1) is 0 Å². The van der Waals surface area contributed by atoms with E-state index in [4.69, 9.17) is 4.74 Å². The minimum atomic E-state index is -0.932. The third kappa shape index (κ3) is 11.4. The molecule has 0 bridgehead atoms. The molecule has 0 fully saturated rings. The van der Waals surface area contributed by atoms with Crippen LogP contribution in [0.15, 0.2) is 36.7 Å². The summed E-state index contributed by atoms with van der Waals surface area (Å²) in [6.45, 7) is 6.52. The third-order valence-electron chi connectivity index (χ3n) is 6.68. The molecule has 2 rings (SSSR count). The molecule has 1 aromatic carbocycles. The number of benzene rings is 1. The van der Waals surface area contributed by atoms with Crippen LogP contribution >= 0.6 is 0 Å². The summed E-state index contributed by atoms with van der Waals surface area (Å²) in [4.78, 5) is 9.11. The Hall–Kier alpha value is -1.97. The molecule has 0 saturated carbocycles. The van der Waals surface area contributed by atoms with Crippen LogP contribution in [0.25, 0.3) is 11.4 Å². The number of hydrogen-bond acceptors (Lipinski definition) is 3. The summed E-state index contributed by atoms with van der Waals surface area (Å²) in [5, 5.41) is 0. The second-order valence-electron chi connectivity index (χ2n) is 9.82. The lowest BCUT2D eigenvalue weighted by atomic mass is 9.99. The predicted octanol–water partition coefficient (Wildman–Crippen LogP) is 9.15. The van der Waals surface area contributed by atoms with E-state index in [-0.39, 0.29) is 12.5 Å². The Morgan fingerprint density at radius 3 is 1.94 bits per heavy atom. The molecule has 0 saturated heterocycles. The van der Waals surface area contributed by atoms with Gasteiger partial charge in [0, 0.05) is 18.0 Å². The minimum Gasteiger partial charge on any atom is -0.491 e. The number of hydrogen-bond donors (Lipinski definition) is 0. The van der Waals surface area contributed by atoms with Crippen molar-refractivity contribution in [3.63, 3.8) is 0 Å². The van der Waals surface area contributed by atoms with Crippen LogP contribution in [0.4, 0.5) is 4.39 Å². The lowest BCUT2D eigenvalue weighted by Crippen LogP contribution is -2.21. The second-order valence-corrected chi connectivity index (χ2v) is 9.82. The Labute approximate surface area is 208 Å². The molecule has 1 heterocycles. The molecule has 0 aliphatic carbocycles. The normalized spacial score (nSPS) is 13.1. The maximum atomic E-state index is 14.4. The van der Waals surface area contributed by atoms with E-state index < -0.39 is 6.17 Å². The summed E-state index contributed by atoms with van der Waals surface area (Å²) in [5.74, 6) is 1.44. The highest BCUT2D eigenvalue weighted by atomic mass is 19.1. The molecule has 0 amide bonds. The molecule has 0 radical (unpaired) electrons. The van der Waals surface area contributed by atoms with Crippen LogP contribution in [0, 0.1) is 5.92 Å². The molecule has 4 heteroatoms. The Bertz CT molecular complexity index is 747. The van der Waals surface area contributed by atoms with Crippen molar-refractivity contribution in [2.75, 3.05) is 6.61 Å². The Morgan fingerprint density at radius 2 is 1.32 bits per heavy atom. The molecule has 34 heavy (non-hydrogen) atoms. The van der Waals surface area contributed by atoms with Crippen molar-refractivity contribution in [2.24, 2.45) is 5.92 Å². The minimum absolute atomic E-state index is 0.0355. The zero-order chi connectivity index (χ0) is 24.4. The van der Waals surface area contributed by atoms with Crippen LogP contribution in [0.3, 0.4) is 0 Å². The molecule has 2 unspecified atom stereocenters. The zero-order valence-electron chi connectivity index (χ0n) is 21.9. The lowest BCUT2D eigenvalue weighted by molar-refractivity contribution is 0.141. The standard InChI is InChI=1S/C30H47FN2O/c1-4-6-8-9-10-11-12-13-15-17-26-22-32-30(33-23-26)27-18-20-28(21-19-27)34-24-29(31)25(3)16-14-7-5-2/h18-23,25,29H,4-17,24H2,1-3H3. The number of aromatic nitrogens is 2. The molecule has 0 spiro atoms. The molecule has 1 aromatic heterocycles. The van der Waals surface area contributed by atoms with E-state index >= 15 is 0 Å². The van der Waals surface area contributed by atoms with E-state index in [1.807, 2.05) is 43.6 Å². The van der Waals surface area contributed by atoms with Crippen molar-refractivity contribution in [3.05, 3.63) is 42.2 Å². The summed E-state index contributed by atoms with van der Waals surface area (Å²) in [5.41, 5.74) is 2.15. The van der Waals surface area contributed by atoms with E-state index in [0.29, 0.717) is 5.75 Å². The van der Waals surface area contributed by atoms with Crippen molar-refractivity contribution in [2.45, 2.75) is 117 Å². The number of nitrogens with zero attached hydrogens (tertiary/aromatic N) is 2. The first-order chi connectivity index (χ1) is 16.6. The molecular weight excluding hydrogens is 423 g/mol. The first kappa shape index (κ1) is 28.3. The smallest absolute Gasteiger partial charge is 0.159 e. The van der Waals surface area contributed by atoms with Crippen LogP contribution in [0.1, 0.15) is 110 Å². The second kappa shape index (κ2) is 17.5. The van der Waals surface area contributed by atoms with Gasteiger partial charge in [-0.2, -0.15) is 0 Å². The fourth-order valence-corrected chi connectivity index (χ4v) is 4.21. The quantitative estimate of drug-likeness (QED) is 0.192. The number of aryl methyl sites for hydroxylation is 1. The van der Waals surface area contributed by atoms with Crippen molar-refractivity contribution in [1.82, 2.24) is 9.97 Å². The molecule has 0 aliphatic rings. The average molecular weight is 471 g/mol. The van der Waals surface area contributed by atoms with Gasteiger partial charge in [0.25, 0.3) is 0 Å². The van der Waals surface area contributed by atoms with Gasteiger partial charge < -0.3 is 4.74 Å². The molecular formula is C30H47FN2O. The van der Waals surface area contributed by atoms with Gasteiger partial charge in [0.15, 0.2) is 5.82 Å². The largest absolute Gasteiger partial charge is 0.491 e. The monoisotopic (exact) mass is 470 g/mol. The summed E-state index contributed by atoms with van der Waals surface area (Å²) >= 11 is 0. The van der Waals surface area contributed by atoms with Crippen LogP contribution < -0.4 is 4.74 Å². The van der Waals surface area contributed by atoms with Crippen LogP contribution in [-0.4, -0.2) is 22.7 Å². The van der Waals surface area contributed by atoms with Crippen molar-refractivity contribution in [3.8, 4) is 17.1 Å². The van der Waals surface area contributed by atoms with Crippen molar-refractivity contribution in [1.29, 1.82) is 0 Å². The highest BCUT2D eigenvalue weighted by Crippen LogP contribution is 2.22. The molecule has 2 aromatic rings. The van der Waals surface area contributed by atoms with E-state index in [9.17, 15) is 4.39 Å². The Balaban J connectivity index is 1.67. The van der Waals surface area contributed by atoms with E-state index in [0.717, 1.165) is 37.1 Å². The Kier molecular flexibility index (Phi) is 14.5. The summed E-state index contributed by atoms with van der Waals surface area (Å²) in [7, 11) is 0. The molecule has 0 aliphatic heterocycles. The topological polar surface area (TPSA) is 35.0 Å². The number of rotatable bonds is 19. The van der Waals surface area contributed by atoms with Crippen LogP contribution in [0.5, 0.6) is 5.75 Å². The van der Waals surface area contributed by atoms with Crippen molar-refractivity contribution >= 4 is 0 Å². The van der Waals surface area contributed by atoms with Gasteiger partial charge in [-0.05, 0) is 55.0 Å². The highest BCUT2D eigenvalue weighted by molar-refractivity contribution is 5.55. The average Bonchev–Trinajstić information content (AvgIpc) is 2.87. The van der Waals surface area contributed by atoms with Gasteiger partial charge in [-0.1, -0.05) is 91.4 Å². The van der Waals surface area contributed by atoms with Crippen LogP contribution in [-0.2, 0) is 6.42 Å². The summed E-state index contributed by atoms with van der Waals surface area (Å²) in [6, 6.07) is 7.65. The zero-order valence-corrected chi connectivity index (χ0v) is 21.9.